The summed E-state index contributed by atoms with van der Waals surface area (Å²) < 4.78 is 14.9. The van der Waals surface area contributed by atoms with Crippen LogP contribution in [0.2, 0.25) is 0 Å². The fourth-order valence-electron chi connectivity index (χ4n) is 3.11. The van der Waals surface area contributed by atoms with Crippen molar-refractivity contribution in [3.05, 3.63) is 54.6 Å². The predicted molar refractivity (Wildman–Crippen MR) is 97.2 cm³/mol. The smallest absolute Gasteiger partial charge is 0.242 e. The lowest BCUT2D eigenvalue weighted by atomic mass is 10.2. The van der Waals surface area contributed by atoms with E-state index in [4.69, 9.17) is 0 Å². The van der Waals surface area contributed by atoms with E-state index >= 15 is 0 Å². The van der Waals surface area contributed by atoms with Gasteiger partial charge in [-0.25, -0.2) is 4.39 Å². The van der Waals surface area contributed by atoms with Crippen molar-refractivity contribution in [3.8, 4) is 0 Å². The molecule has 5 nitrogen and oxygen atoms in total. The Morgan fingerprint density at radius 1 is 1.12 bits per heavy atom. The van der Waals surface area contributed by atoms with E-state index in [0.717, 1.165) is 38.4 Å². The largest absolute Gasteiger partial charge is 0.369 e. The first kappa shape index (κ1) is 17.5. The Morgan fingerprint density at radius 3 is 2.40 bits per heavy atom. The third kappa shape index (κ3) is 4.60. The van der Waals surface area contributed by atoms with Crippen LogP contribution in [-0.2, 0) is 4.79 Å². The van der Waals surface area contributed by atoms with Gasteiger partial charge in [0.15, 0.2) is 0 Å². The zero-order valence-corrected chi connectivity index (χ0v) is 14.6. The maximum atomic E-state index is 13.0. The summed E-state index contributed by atoms with van der Waals surface area (Å²) in [6, 6.07) is 10.3. The first-order valence-corrected chi connectivity index (χ1v) is 8.76. The van der Waals surface area contributed by atoms with E-state index in [1.807, 2.05) is 48.1 Å². The van der Waals surface area contributed by atoms with Crippen molar-refractivity contribution in [2.75, 3.05) is 44.2 Å². The number of hydrogen-bond donors (Lipinski definition) is 1. The Balaban J connectivity index is 1.38. The predicted octanol–water partition coefficient (Wildman–Crippen LogP) is 2.13. The van der Waals surface area contributed by atoms with Crippen LogP contribution in [0.15, 0.2) is 48.8 Å². The van der Waals surface area contributed by atoms with Gasteiger partial charge < -0.3 is 14.8 Å². The van der Waals surface area contributed by atoms with E-state index in [-0.39, 0.29) is 17.8 Å². The summed E-state index contributed by atoms with van der Waals surface area (Å²) in [6.07, 6.45) is 3.80. The average Bonchev–Trinajstić information content (AvgIpc) is 3.17. The first-order valence-electron chi connectivity index (χ1n) is 8.76. The fraction of sp³-hybridized carbons (Fsp3) is 0.421. The van der Waals surface area contributed by atoms with Gasteiger partial charge in [-0.3, -0.25) is 9.69 Å². The number of rotatable bonds is 6. The molecule has 6 heteroatoms. The number of amides is 1. The van der Waals surface area contributed by atoms with Crippen LogP contribution >= 0.6 is 0 Å². The Morgan fingerprint density at radius 2 is 1.76 bits per heavy atom. The minimum atomic E-state index is -0.202. The minimum absolute atomic E-state index is 0.0427. The van der Waals surface area contributed by atoms with Crippen LogP contribution in [0.3, 0.4) is 0 Å². The van der Waals surface area contributed by atoms with Gasteiger partial charge in [-0.2, -0.15) is 0 Å². The van der Waals surface area contributed by atoms with Crippen molar-refractivity contribution >= 4 is 11.6 Å². The van der Waals surface area contributed by atoms with Crippen molar-refractivity contribution in [1.82, 2.24) is 14.8 Å². The molecule has 0 bridgehead atoms. The lowest BCUT2D eigenvalue weighted by molar-refractivity contribution is -0.123. The quantitative estimate of drug-likeness (QED) is 0.873. The van der Waals surface area contributed by atoms with Crippen molar-refractivity contribution in [3.63, 3.8) is 0 Å². The van der Waals surface area contributed by atoms with Crippen molar-refractivity contribution < 1.29 is 9.18 Å². The molecule has 0 radical (unpaired) electrons. The molecular formula is C19H25FN4O. The number of hydrogen-bond acceptors (Lipinski definition) is 3. The topological polar surface area (TPSA) is 40.5 Å². The second-order valence-electron chi connectivity index (χ2n) is 6.40. The zero-order valence-electron chi connectivity index (χ0n) is 14.6. The third-order valence-electron chi connectivity index (χ3n) is 4.75. The minimum Gasteiger partial charge on any atom is -0.369 e. The Hall–Kier alpha value is -2.34. The molecule has 0 spiro atoms. The van der Waals surface area contributed by atoms with Crippen molar-refractivity contribution in [1.29, 1.82) is 0 Å². The van der Waals surface area contributed by atoms with Gasteiger partial charge in [-0.05, 0) is 43.3 Å². The van der Waals surface area contributed by atoms with Gasteiger partial charge >= 0.3 is 0 Å². The molecule has 1 aromatic heterocycles. The van der Waals surface area contributed by atoms with Crippen molar-refractivity contribution in [2.45, 2.75) is 13.0 Å². The number of carbonyl (C=O) groups is 1. The molecule has 2 heterocycles. The number of benzene rings is 1. The van der Waals surface area contributed by atoms with Gasteiger partial charge in [0.05, 0.1) is 0 Å². The van der Waals surface area contributed by atoms with Crippen LogP contribution < -0.4 is 10.2 Å². The van der Waals surface area contributed by atoms with Gasteiger partial charge in [0.25, 0.3) is 0 Å². The average molecular weight is 344 g/mol. The molecule has 1 N–H and O–H groups in total. The summed E-state index contributed by atoms with van der Waals surface area (Å²) in [5.41, 5.74) is 1.06. The number of halogens is 1. The Kier molecular flexibility index (Phi) is 5.71. The van der Waals surface area contributed by atoms with Crippen LogP contribution in [0.25, 0.3) is 0 Å². The van der Waals surface area contributed by atoms with E-state index in [1.54, 1.807) is 0 Å². The highest BCUT2D eigenvalue weighted by molar-refractivity contribution is 5.79. The SMILES string of the molecule is C[C@H](C(=O)NCCN1CCN(c2ccc(F)cc2)CC1)n1cccc1. The van der Waals surface area contributed by atoms with Crippen LogP contribution in [0.1, 0.15) is 13.0 Å². The molecule has 0 aliphatic carbocycles. The maximum Gasteiger partial charge on any atom is 0.242 e. The zero-order chi connectivity index (χ0) is 17.6. The lowest BCUT2D eigenvalue weighted by Gasteiger charge is -2.36. The van der Waals surface area contributed by atoms with Gasteiger partial charge in [-0.1, -0.05) is 0 Å². The van der Waals surface area contributed by atoms with Crippen LogP contribution in [0.5, 0.6) is 0 Å². The normalized spacial score (nSPS) is 16.6. The number of aromatic nitrogens is 1. The summed E-state index contributed by atoms with van der Waals surface area (Å²) in [7, 11) is 0. The second kappa shape index (κ2) is 8.16. The Bertz CT molecular complexity index is 663. The van der Waals surface area contributed by atoms with E-state index < -0.39 is 0 Å². The summed E-state index contributed by atoms with van der Waals surface area (Å²) >= 11 is 0. The maximum absolute atomic E-state index is 13.0. The summed E-state index contributed by atoms with van der Waals surface area (Å²) in [5, 5.41) is 3.01. The van der Waals surface area contributed by atoms with Crippen LogP contribution in [0, 0.1) is 5.82 Å². The molecule has 25 heavy (non-hydrogen) atoms. The molecule has 0 saturated carbocycles. The highest BCUT2D eigenvalue weighted by Crippen LogP contribution is 2.16. The Labute approximate surface area is 148 Å². The molecule has 134 valence electrons. The van der Waals surface area contributed by atoms with Gasteiger partial charge in [0.1, 0.15) is 11.9 Å². The van der Waals surface area contributed by atoms with E-state index in [0.29, 0.717) is 6.54 Å². The van der Waals surface area contributed by atoms with E-state index in [1.165, 1.54) is 12.1 Å². The van der Waals surface area contributed by atoms with Crippen molar-refractivity contribution in [2.24, 2.45) is 0 Å². The molecule has 3 rings (SSSR count). The summed E-state index contributed by atoms with van der Waals surface area (Å²) in [4.78, 5) is 16.8. The van der Waals surface area contributed by atoms with Gasteiger partial charge in [0.2, 0.25) is 5.91 Å². The first-order chi connectivity index (χ1) is 12.1. The van der Waals surface area contributed by atoms with Gasteiger partial charge in [0, 0.05) is 57.3 Å². The lowest BCUT2D eigenvalue weighted by Crippen LogP contribution is -2.48. The molecule has 0 unspecified atom stereocenters. The molecule has 1 atom stereocenters. The highest BCUT2D eigenvalue weighted by atomic mass is 19.1. The fourth-order valence-corrected chi connectivity index (χ4v) is 3.11. The summed E-state index contributed by atoms with van der Waals surface area (Å²) in [5.74, 6) is -0.159. The molecule has 1 fully saturated rings. The van der Waals surface area contributed by atoms with E-state index in [9.17, 15) is 9.18 Å². The van der Waals surface area contributed by atoms with Crippen LogP contribution in [0.4, 0.5) is 10.1 Å². The number of anilines is 1. The van der Waals surface area contributed by atoms with Gasteiger partial charge in [-0.15, -0.1) is 0 Å². The molecule has 1 aromatic carbocycles. The number of nitrogens with zero attached hydrogens (tertiary/aromatic N) is 3. The standard InChI is InChI=1S/C19H25FN4O/c1-16(23-9-2-3-10-23)19(25)21-8-11-22-12-14-24(15-13-22)18-6-4-17(20)5-7-18/h2-7,9-10,16H,8,11-15H2,1H3,(H,21,25)/t16-/m1/s1. The number of nitrogens with one attached hydrogen (secondary N) is 1. The highest BCUT2D eigenvalue weighted by Gasteiger charge is 2.18. The van der Waals surface area contributed by atoms with Crippen LogP contribution in [-0.4, -0.2) is 54.6 Å². The monoisotopic (exact) mass is 344 g/mol. The van der Waals surface area contributed by atoms with E-state index in [2.05, 4.69) is 15.1 Å². The molecule has 1 amide bonds. The molecule has 1 saturated heterocycles. The molecule has 1 aliphatic heterocycles. The number of piperazine rings is 1. The third-order valence-corrected chi connectivity index (χ3v) is 4.75. The molecular weight excluding hydrogens is 319 g/mol. The number of carbonyl (C=O) groups excluding carboxylic acids is 1. The summed E-state index contributed by atoms with van der Waals surface area (Å²) in [6.45, 7) is 7.12. The second-order valence-corrected chi connectivity index (χ2v) is 6.40. The molecule has 1 aliphatic rings. The molecule has 2 aromatic rings.